The van der Waals surface area contributed by atoms with Gasteiger partial charge in [0.15, 0.2) is 0 Å². The maximum atomic E-state index is 11.5. The average Bonchev–Trinajstić information content (AvgIpc) is 2.46. The summed E-state index contributed by atoms with van der Waals surface area (Å²) in [5.41, 5.74) is -0.113. The van der Waals surface area contributed by atoms with Gasteiger partial charge in [-0.3, -0.25) is 4.79 Å². The standard InChI is InChI=1S/C13H13ClN2O5/c1-20-11(18)7-10(17)12(13(19)21-2)16-15-9-5-3-4-8(14)6-9/h3-6,17H,7H2,1-2H3. The Morgan fingerprint density at radius 1 is 1.29 bits per heavy atom. The number of nitrogens with zero attached hydrogens (tertiary/aromatic N) is 2. The maximum absolute atomic E-state index is 11.5. The third-order valence-electron chi connectivity index (χ3n) is 2.27. The monoisotopic (exact) mass is 312 g/mol. The van der Waals surface area contributed by atoms with Crippen LogP contribution in [0.15, 0.2) is 46.0 Å². The predicted octanol–water partition coefficient (Wildman–Crippen LogP) is 2.93. The number of aliphatic hydroxyl groups excluding tert-OH is 1. The van der Waals surface area contributed by atoms with Crippen LogP contribution in [-0.2, 0) is 19.1 Å². The highest BCUT2D eigenvalue weighted by molar-refractivity contribution is 6.30. The predicted molar refractivity (Wildman–Crippen MR) is 74.3 cm³/mol. The third-order valence-corrected chi connectivity index (χ3v) is 2.50. The van der Waals surface area contributed by atoms with Gasteiger partial charge in [-0.05, 0) is 18.2 Å². The number of aliphatic hydroxyl groups is 1. The van der Waals surface area contributed by atoms with Crippen LogP contribution in [0.2, 0.25) is 5.02 Å². The summed E-state index contributed by atoms with van der Waals surface area (Å²) in [6.07, 6.45) is -0.518. The minimum absolute atomic E-state index is 0.370. The van der Waals surface area contributed by atoms with Crippen LogP contribution in [0.5, 0.6) is 0 Å². The van der Waals surface area contributed by atoms with Gasteiger partial charge in [0.05, 0.1) is 19.9 Å². The summed E-state index contributed by atoms with van der Waals surface area (Å²) in [6.45, 7) is 0. The number of halogens is 1. The minimum atomic E-state index is -0.929. The molecule has 0 heterocycles. The molecule has 0 fully saturated rings. The summed E-state index contributed by atoms with van der Waals surface area (Å²) in [4.78, 5) is 22.6. The van der Waals surface area contributed by atoms with Crippen LogP contribution in [-0.4, -0.2) is 31.3 Å². The fraction of sp³-hybridized carbons (Fsp3) is 0.231. The Kier molecular flexibility index (Phi) is 6.35. The first-order chi connectivity index (χ1) is 9.97. The number of ether oxygens (including phenoxy) is 2. The number of methoxy groups -OCH3 is 2. The lowest BCUT2D eigenvalue weighted by Crippen LogP contribution is -2.09. The van der Waals surface area contributed by atoms with Gasteiger partial charge in [-0.2, -0.15) is 5.11 Å². The van der Waals surface area contributed by atoms with E-state index in [4.69, 9.17) is 11.6 Å². The van der Waals surface area contributed by atoms with E-state index in [0.29, 0.717) is 10.7 Å². The highest BCUT2D eigenvalue weighted by atomic mass is 35.5. The van der Waals surface area contributed by atoms with E-state index < -0.39 is 29.8 Å². The minimum Gasteiger partial charge on any atom is -0.509 e. The van der Waals surface area contributed by atoms with Crippen molar-refractivity contribution in [1.29, 1.82) is 0 Å². The Bertz CT molecular complexity index is 598. The SMILES string of the molecule is COC(=O)CC(O)=C(N=Nc1cccc(Cl)c1)C(=O)OC. The molecule has 0 saturated heterocycles. The lowest BCUT2D eigenvalue weighted by atomic mass is 10.3. The quantitative estimate of drug-likeness (QED) is 0.390. The van der Waals surface area contributed by atoms with E-state index in [2.05, 4.69) is 19.7 Å². The van der Waals surface area contributed by atoms with E-state index in [1.54, 1.807) is 18.2 Å². The summed E-state index contributed by atoms with van der Waals surface area (Å²) in [5.74, 6) is -2.26. The summed E-state index contributed by atoms with van der Waals surface area (Å²) in [7, 11) is 2.27. The molecule has 0 atom stereocenters. The molecule has 8 heteroatoms. The molecule has 1 aromatic carbocycles. The van der Waals surface area contributed by atoms with Crippen molar-refractivity contribution in [2.75, 3.05) is 14.2 Å². The van der Waals surface area contributed by atoms with Gasteiger partial charge >= 0.3 is 11.9 Å². The third kappa shape index (κ3) is 5.23. The molecule has 21 heavy (non-hydrogen) atoms. The Hall–Kier alpha value is -2.41. The van der Waals surface area contributed by atoms with E-state index in [-0.39, 0.29) is 0 Å². The number of azo groups is 1. The van der Waals surface area contributed by atoms with Gasteiger partial charge in [0.1, 0.15) is 12.2 Å². The van der Waals surface area contributed by atoms with E-state index in [1.807, 2.05) is 0 Å². The second-order valence-electron chi connectivity index (χ2n) is 3.72. The van der Waals surface area contributed by atoms with Crippen molar-refractivity contribution in [2.45, 2.75) is 6.42 Å². The molecule has 112 valence electrons. The summed E-state index contributed by atoms with van der Waals surface area (Å²) in [5, 5.41) is 17.5. The average molecular weight is 313 g/mol. The second-order valence-corrected chi connectivity index (χ2v) is 4.16. The van der Waals surface area contributed by atoms with E-state index in [9.17, 15) is 14.7 Å². The zero-order valence-electron chi connectivity index (χ0n) is 11.4. The lowest BCUT2D eigenvalue weighted by Gasteiger charge is -2.03. The number of carbonyl (C=O) groups excluding carboxylic acids is 2. The number of benzene rings is 1. The molecule has 0 spiro atoms. The Labute approximate surface area is 125 Å². The molecule has 0 bridgehead atoms. The maximum Gasteiger partial charge on any atom is 0.362 e. The van der Waals surface area contributed by atoms with Gasteiger partial charge in [0.25, 0.3) is 0 Å². The smallest absolute Gasteiger partial charge is 0.362 e. The molecule has 7 nitrogen and oxygen atoms in total. The van der Waals surface area contributed by atoms with Crippen molar-refractivity contribution in [1.82, 2.24) is 0 Å². The first-order valence-corrected chi connectivity index (χ1v) is 6.10. The Morgan fingerprint density at radius 2 is 2.00 bits per heavy atom. The van der Waals surface area contributed by atoms with Crippen molar-refractivity contribution in [2.24, 2.45) is 10.2 Å². The van der Waals surface area contributed by atoms with Crippen LogP contribution in [0, 0.1) is 0 Å². The molecule has 0 radical (unpaired) electrons. The van der Waals surface area contributed by atoms with Gasteiger partial charge in [0, 0.05) is 5.02 Å². The summed E-state index contributed by atoms with van der Waals surface area (Å²) in [6, 6.07) is 6.40. The fourth-order valence-corrected chi connectivity index (χ4v) is 1.44. The molecular weight excluding hydrogens is 300 g/mol. The summed E-state index contributed by atoms with van der Waals surface area (Å²) < 4.78 is 8.86. The van der Waals surface area contributed by atoms with Crippen LogP contribution < -0.4 is 0 Å². The van der Waals surface area contributed by atoms with E-state index >= 15 is 0 Å². The molecular formula is C13H13ClN2O5. The molecule has 0 aliphatic carbocycles. The van der Waals surface area contributed by atoms with Crippen molar-refractivity contribution < 1.29 is 24.2 Å². The van der Waals surface area contributed by atoms with Gasteiger partial charge in [0.2, 0.25) is 5.70 Å². The Balaban J connectivity index is 3.06. The van der Waals surface area contributed by atoms with Crippen molar-refractivity contribution in [3.63, 3.8) is 0 Å². The zero-order chi connectivity index (χ0) is 15.8. The number of hydrogen-bond acceptors (Lipinski definition) is 7. The van der Waals surface area contributed by atoms with Gasteiger partial charge in [-0.1, -0.05) is 17.7 Å². The van der Waals surface area contributed by atoms with Gasteiger partial charge in [-0.15, -0.1) is 5.11 Å². The highest BCUT2D eigenvalue weighted by Gasteiger charge is 2.18. The van der Waals surface area contributed by atoms with Crippen LogP contribution in [0.3, 0.4) is 0 Å². The number of carbonyl (C=O) groups is 2. The van der Waals surface area contributed by atoms with Gasteiger partial charge < -0.3 is 14.6 Å². The van der Waals surface area contributed by atoms with Crippen LogP contribution >= 0.6 is 11.6 Å². The fourth-order valence-electron chi connectivity index (χ4n) is 1.25. The Morgan fingerprint density at radius 3 is 2.57 bits per heavy atom. The molecule has 0 amide bonds. The van der Waals surface area contributed by atoms with Crippen molar-refractivity contribution in [3.05, 3.63) is 40.7 Å². The first kappa shape index (κ1) is 16.6. The van der Waals surface area contributed by atoms with Crippen LogP contribution in [0.1, 0.15) is 6.42 Å². The van der Waals surface area contributed by atoms with Crippen LogP contribution in [0.4, 0.5) is 5.69 Å². The summed E-state index contributed by atoms with van der Waals surface area (Å²) >= 11 is 5.78. The van der Waals surface area contributed by atoms with Crippen molar-refractivity contribution >= 4 is 29.2 Å². The molecule has 1 N–H and O–H groups in total. The van der Waals surface area contributed by atoms with E-state index in [1.165, 1.54) is 6.07 Å². The van der Waals surface area contributed by atoms with Crippen LogP contribution in [0.25, 0.3) is 0 Å². The van der Waals surface area contributed by atoms with Gasteiger partial charge in [-0.25, -0.2) is 4.79 Å². The molecule has 1 aromatic rings. The van der Waals surface area contributed by atoms with E-state index in [0.717, 1.165) is 14.2 Å². The number of esters is 2. The molecule has 0 aromatic heterocycles. The topological polar surface area (TPSA) is 97.5 Å². The molecule has 0 aliphatic heterocycles. The molecule has 0 saturated carbocycles. The first-order valence-electron chi connectivity index (χ1n) is 5.72. The molecule has 0 unspecified atom stereocenters. The molecule has 0 aliphatic rings. The zero-order valence-corrected chi connectivity index (χ0v) is 12.1. The largest absolute Gasteiger partial charge is 0.509 e. The highest BCUT2D eigenvalue weighted by Crippen LogP contribution is 2.20. The normalized spacial score (nSPS) is 12.0. The van der Waals surface area contributed by atoms with Crippen molar-refractivity contribution in [3.8, 4) is 0 Å². The molecule has 1 rings (SSSR count). The number of rotatable bonds is 5. The second kappa shape index (κ2) is 8.01. The lowest BCUT2D eigenvalue weighted by molar-refractivity contribution is -0.140. The number of hydrogen-bond donors (Lipinski definition) is 1.